The van der Waals surface area contributed by atoms with Gasteiger partial charge >= 0.3 is 24.4 Å². The van der Waals surface area contributed by atoms with Gasteiger partial charge < -0.3 is 20.1 Å². The van der Waals surface area contributed by atoms with E-state index in [0.717, 1.165) is 39.2 Å². The van der Waals surface area contributed by atoms with Gasteiger partial charge in [-0.2, -0.15) is 26.3 Å². The second kappa shape index (κ2) is 12.4. The topological polar surface area (TPSA) is 143 Å². The number of alkyl halides is 6. The Balaban J connectivity index is 0.000000281. The maximum absolute atomic E-state index is 12.7. The lowest BCUT2D eigenvalue weighted by Crippen LogP contribution is -2.38. The zero-order valence-corrected chi connectivity index (χ0v) is 21.0. The molecule has 2 fully saturated rings. The van der Waals surface area contributed by atoms with Crippen LogP contribution >= 0.6 is 0 Å². The minimum absolute atomic E-state index is 0. The van der Waals surface area contributed by atoms with Gasteiger partial charge in [0.15, 0.2) is 24.9 Å². The highest BCUT2D eigenvalue weighted by Gasteiger charge is 2.46. The maximum atomic E-state index is 12.7. The largest absolute Gasteiger partial charge is 0.416 e. The lowest BCUT2D eigenvalue weighted by Gasteiger charge is -2.21. The van der Waals surface area contributed by atoms with Crippen molar-refractivity contribution in [2.75, 3.05) is 30.5 Å². The normalized spacial score (nSPS) is 23.0. The smallest absolute Gasteiger partial charge is 0.369 e. The predicted molar refractivity (Wildman–Crippen MR) is 130 cm³/mol. The summed E-state index contributed by atoms with van der Waals surface area (Å²) in [5, 5.41) is 29.2. The molecule has 4 amide bonds. The Morgan fingerprint density at radius 1 is 0.780 bits per heavy atom. The van der Waals surface area contributed by atoms with Crippen LogP contribution < -0.4 is 9.80 Å². The third-order valence-electron chi connectivity index (χ3n) is 5.82. The number of hydrogen-bond acceptors (Lipinski definition) is 8. The first-order chi connectivity index (χ1) is 18.5. The zero-order valence-electron chi connectivity index (χ0n) is 21.0. The molecule has 4 rings (SSSR count). The van der Waals surface area contributed by atoms with Crippen LogP contribution in [0.15, 0.2) is 36.7 Å². The van der Waals surface area contributed by atoms with Crippen molar-refractivity contribution in [3.8, 4) is 0 Å². The number of halogens is 6. The minimum atomic E-state index is -4.59. The fourth-order valence-electron chi connectivity index (χ4n) is 3.74. The molecular weight excluding hydrogens is 570 g/mol. The van der Waals surface area contributed by atoms with E-state index in [0.29, 0.717) is 17.0 Å². The number of nitrogens with zero attached hydrogens (tertiary/aromatic N) is 6. The number of ether oxygens (including phenoxy) is 1. The summed E-state index contributed by atoms with van der Waals surface area (Å²) in [6.45, 7) is 1.92. The van der Waals surface area contributed by atoms with Crippen LogP contribution in [0, 0.1) is 0 Å². The molecule has 4 heterocycles. The van der Waals surface area contributed by atoms with Crippen LogP contribution in [0.4, 0.5) is 47.6 Å². The number of aromatic nitrogens is 2. The highest BCUT2D eigenvalue weighted by Crippen LogP contribution is 2.34. The van der Waals surface area contributed by atoms with Gasteiger partial charge in [0.25, 0.3) is 0 Å². The molecule has 2 aromatic rings. The summed E-state index contributed by atoms with van der Waals surface area (Å²) in [4.78, 5) is 34.4. The summed E-state index contributed by atoms with van der Waals surface area (Å²) >= 11 is 0. The molecule has 3 N–H and O–H groups in total. The van der Waals surface area contributed by atoms with Crippen molar-refractivity contribution >= 4 is 23.7 Å². The Bertz CT molecular complexity index is 1230. The highest BCUT2D eigenvalue weighted by molar-refractivity contribution is 5.94. The molecule has 2 aromatic heterocycles. The van der Waals surface area contributed by atoms with Gasteiger partial charge in [0, 0.05) is 33.1 Å². The van der Waals surface area contributed by atoms with E-state index in [1.807, 2.05) is 0 Å². The van der Waals surface area contributed by atoms with Crippen LogP contribution in [-0.4, -0.2) is 92.8 Å². The van der Waals surface area contributed by atoms with Crippen molar-refractivity contribution < 1.29 is 56.0 Å². The average molecular weight is 599 g/mol. The molecule has 0 radical (unpaired) electrons. The number of aliphatic hydroxyl groups is 3. The second-order valence-corrected chi connectivity index (χ2v) is 8.41. The number of likely N-dealkylation sites (N-methyl/N-ethyl adjacent to an activating group) is 2. The molecule has 41 heavy (non-hydrogen) atoms. The molecule has 0 bridgehead atoms. The summed E-state index contributed by atoms with van der Waals surface area (Å²) < 4.78 is 80.9. The second-order valence-electron chi connectivity index (χ2n) is 8.41. The van der Waals surface area contributed by atoms with E-state index in [4.69, 9.17) is 4.74 Å². The molecule has 2 aliphatic heterocycles. The van der Waals surface area contributed by atoms with Gasteiger partial charge in [-0.3, -0.25) is 9.80 Å². The summed E-state index contributed by atoms with van der Waals surface area (Å²) in [5.74, 6) is -0.660. The predicted octanol–water partition coefficient (Wildman–Crippen LogP) is 2.90. The van der Waals surface area contributed by atoms with Gasteiger partial charge in [-0.25, -0.2) is 29.4 Å². The molecule has 2 saturated heterocycles. The van der Waals surface area contributed by atoms with Crippen LogP contribution in [0.25, 0.3) is 0 Å². The number of pyridine rings is 2. The first-order valence-electron chi connectivity index (χ1n) is 11.3. The fourth-order valence-corrected chi connectivity index (χ4v) is 3.74. The van der Waals surface area contributed by atoms with Gasteiger partial charge in [0.1, 0.15) is 11.6 Å². The van der Waals surface area contributed by atoms with Gasteiger partial charge in [0.2, 0.25) is 0 Å². The molecule has 0 aliphatic carbocycles. The van der Waals surface area contributed by atoms with E-state index in [2.05, 4.69) is 9.97 Å². The molecule has 228 valence electrons. The SMILES string of the molecule is C.CCOC1C(O)N(c2cc(C(F)(F)F)ccn2)C(=O)N1C.CN1C(=O)N(c2cc(C(F)(F)F)ccn2)C(O)C1O. The summed E-state index contributed by atoms with van der Waals surface area (Å²) in [6.07, 6.45) is -12.9. The van der Waals surface area contributed by atoms with Crippen molar-refractivity contribution in [3.63, 3.8) is 0 Å². The third kappa shape index (κ3) is 6.77. The zero-order chi connectivity index (χ0) is 30.2. The van der Waals surface area contributed by atoms with Crippen LogP contribution in [0.5, 0.6) is 0 Å². The first-order valence-corrected chi connectivity index (χ1v) is 11.3. The van der Waals surface area contributed by atoms with Crippen LogP contribution in [0.3, 0.4) is 0 Å². The number of rotatable bonds is 4. The number of hydrogen-bond donors (Lipinski definition) is 3. The number of carbonyl (C=O) groups is 2. The number of urea groups is 2. The van der Waals surface area contributed by atoms with Crippen LogP contribution in [-0.2, 0) is 17.1 Å². The van der Waals surface area contributed by atoms with E-state index in [-0.39, 0.29) is 25.7 Å². The minimum Gasteiger partial charge on any atom is -0.369 e. The van der Waals surface area contributed by atoms with Crippen molar-refractivity contribution in [2.24, 2.45) is 0 Å². The molecule has 0 spiro atoms. The van der Waals surface area contributed by atoms with E-state index in [9.17, 15) is 51.3 Å². The molecule has 4 unspecified atom stereocenters. The van der Waals surface area contributed by atoms with Gasteiger partial charge in [-0.05, 0) is 31.2 Å². The van der Waals surface area contributed by atoms with Crippen molar-refractivity contribution in [1.82, 2.24) is 19.8 Å². The molecule has 4 atom stereocenters. The Kier molecular flexibility index (Phi) is 10.1. The lowest BCUT2D eigenvalue weighted by molar-refractivity contribution is -0.138. The Hall–Kier alpha value is -3.74. The van der Waals surface area contributed by atoms with Crippen LogP contribution in [0.2, 0.25) is 0 Å². The van der Waals surface area contributed by atoms with Crippen molar-refractivity contribution in [1.29, 1.82) is 0 Å². The number of amides is 4. The lowest BCUT2D eigenvalue weighted by atomic mass is 10.2. The van der Waals surface area contributed by atoms with Gasteiger partial charge in [-0.15, -0.1) is 0 Å². The first kappa shape index (κ1) is 33.5. The van der Waals surface area contributed by atoms with Crippen LogP contribution in [0.1, 0.15) is 25.5 Å². The van der Waals surface area contributed by atoms with Crippen molar-refractivity contribution in [3.05, 3.63) is 47.8 Å². The van der Waals surface area contributed by atoms with E-state index < -0.39 is 60.5 Å². The number of anilines is 2. The number of aliphatic hydroxyl groups excluding tert-OH is 3. The van der Waals surface area contributed by atoms with Crippen molar-refractivity contribution in [2.45, 2.75) is 51.6 Å². The quantitative estimate of drug-likeness (QED) is 0.456. The number of carbonyl (C=O) groups excluding carboxylic acids is 2. The fraction of sp³-hybridized carbons (Fsp3) is 0.478. The van der Waals surface area contributed by atoms with E-state index in [1.54, 1.807) is 6.92 Å². The Labute approximate surface area is 230 Å². The molecular formula is C23H28F6N6O6. The molecule has 18 heteroatoms. The van der Waals surface area contributed by atoms with Gasteiger partial charge in [-0.1, -0.05) is 7.43 Å². The summed E-state index contributed by atoms with van der Waals surface area (Å²) in [7, 11) is 2.60. The summed E-state index contributed by atoms with van der Waals surface area (Å²) in [5.41, 5.74) is -1.95. The van der Waals surface area contributed by atoms with E-state index >= 15 is 0 Å². The summed E-state index contributed by atoms with van der Waals surface area (Å²) in [6, 6.07) is 1.35. The Morgan fingerprint density at radius 2 is 1.20 bits per heavy atom. The maximum Gasteiger partial charge on any atom is 0.416 e. The Morgan fingerprint density at radius 3 is 1.56 bits per heavy atom. The van der Waals surface area contributed by atoms with E-state index in [1.165, 1.54) is 14.1 Å². The molecule has 0 saturated carbocycles. The molecule has 0 aromatic carbocycles. The standard InChI is InChI=1S/C12H14F3N3O3.C10H10F3N3O3.CH4/c1-3-21-10-9(19)18(11(20)17(10)2)8-6-7(4-5-16-8)12(13,14)15;1-15-7(17)8(18)16(9(15)19)6-4-5(2-3-14-6)10(11,12)13;/h4-6,9-10,19H,3H2,1-2H3;2-4,7-8,17-18H,1H3;1H4. The molecule has 2 aliphatic rings. The average Bonchev–Trinajstić information content (AvgIpc) is 3.22. The third-order valence-corrected chi connectivity index (χ3v) is 5.82. The highest BCUT2D eigenvalue weighted by atomic mass is 19.4. The monoisotopic (exact) mass is 598 g/mol. The molecule has 12 nitrogen and oxygen atoms in total. The van der Waals surface area contributed by atoms with Gasteiger partial charge in [0.05, 0.1) is 11.1 Å².